The van der Waals surface area contributed by atoms with Gasteiger partial charge < -0.3 is 11.1 Å². The molecule has 4 nitrogen and oxygen atoms in total. The number of rotatable bonds is 6. The van der Waals surface area contributed by atoms with Gasteiger partial charge in [0, 0.05) is 30.5 Å². The average Bonchev–Trinajstić information content (AvgIpc) is 2.33. The van der Waals surface area contributed by atoms with Crippen molar-refractivity contribution in [1.29, 1.82) is 0 Å². The quantitative estimate of drug-likeness (QED) is 0.790. The van der Waals surface area contributed by atoms with Gasteiger partial charge in [0.05, 0.1) is 0 Å². The molecule has 1 aromatic rings. The summed E-state index contributed by atoms with van der Waals surface area (Å²) in [5.74, 6) is -0.782. The smallest absolute Gasteiger partial charge is 0.220 e. The van der Waals surface area contributed by atoms with Crippen molar-refractivity contribution < 1.29 is 14.0 Å². The van der Waals surface area contributed by atoms with Gasteiger partial charge in [0.15, 0.2) is 5.78 Å². The molecule has 0 aliphatic rings. The molecule has 1 rings (SSSR count). The largest absolute Gasteiger partial charge is 0.354 e. The lowest BCUT2D eigenvalue weighted by Crippen LogP contribution is -2.45. The van der Waals surface area contributed by atoms with Crippen molar-refractivity contribution in [2.75, 3.05) is 6.54 Å². The molecule has 0 aliphatic heterocycles. The van der Waals surface area contributed by atoms with Crippen LogP contribution in [0.4, 0.5) is 4.39 Å². The van der Waals surface area contributed by atoms with Gasteiger partial charge in [-0.05, 0) is 38.1 Å². The van der Waals surface area contributed by atoms with Gasteiger partial charge in [-0.1, -0.05) is 0 Å². The monoisotopic (exact) mass is 302 g/mol. The van der Waals surface area contributed by atoms with Crippen LogP contribution in [0.3, 0.4) is 0 Å². The first kappa shape index (κ1) is 18.5. The Hall–Kier alpha value is -1.46. The van der Waals surface area contributed by atoms with E-state index < -0.39 is 5.54 Å². The van der Waals surface area contributed by atoms with Gasteiger partial charge in [-0.15, -0.1) is 12.4 Å². The first-order chi connectivity index (χ1) is 8.78. The van der Waals surface area contributed by atoms with Crippen LogP contribution in [0.15, 0.2) is 24.3 Å². The number of benzene rings is 1. The molecule has 0 aliphatic carbocycles. The summed E-state index contributed by atoms with van der Waals surface area (Å²) in [5.41, 5.74) is 5.66. The number of carbonyl (C=O) groups excluding carboxylic acids is 2. The SMILES string of the molecule is CC(C)(N)CNC(=O)CCC(=O)c1ccc(F)cc1.Cl. The molecule has 0 unspecified atom stereocenters. The summed E-state index contributed by atoms with van der Waals surface area (Å²) >= 11 is 0. The number of carbonyl (C=O) groups is 2. The van der Waals surface area contributed by atoms with Gasteiger partial charge in [-0.3, -0.25) is 9.59 Å². The molecular weight excluding hydrogens is 283 g/mol. The number of nitrogens with two attached hydrogens (primary N) is 1. The molecule has 6 heteroatoms. The zero-order valence-electron chi connectivity index (χ0n) is 11.6. The Morgan fingerprint density at radius 2 is 1.75 bits per heavy atom. The van der Waals surface area contributed by atoms with Crippen molar-refractivity contribution in [3.63, 3.8) is 0 Å². The van der Waals surface area contributed by atoms with Crippen molar-refractivity contribution >= 4 is 24.1 Å². The van der Waals surface area contributed by atoms with E-state index in [2.05, 4.69) is 5.32 Å². The van der Waals surface area contributed by atoms with E-state index in [4.69, 9.17) is 5.73 Å². The van der Waals surface area contributed by atoms with Gasteiger partial charge in [0.25, 0.3) is 0 Å². The van der Waals surface area contributed by atoms with Crippen LogP contribution in [0.2, 0.25) is 0 Å². The zero-order chi connectivity index (χ0) is 14.5. The molecule has 0 saturated carbocycles. The lowest BCUT2D eigenvalue weighted by atomic mass is 10.1. The molecule has 0 saturated heterocycles. The molecule has 0 atom stereocenters. The Morgan fingerprint density at radius 3 is 2.25 bits per heavy atom. The Bertz CT molecular complexity index is 455. The summed E-state index contributed by atoms with van der Waals surface area (Å²) in [5, 5.41) is 2.66. The molecule has 0 heterocycles. The molecule has 0 spiro atoms. The highest BCUT2D eigenvalue weighted by atomic mass is 35.5. The molecule has 20 heavy (non-hydrogen) atoms. The summed E-state index contributed by atoms with van der Waals surface area (Å²) in [4.78, 5) is 23.2. The van der Waals surface area contributed by atoms with Crippen LogP contribution in [0.25, 0.3) is 0 Å². The van der Waals surface area contributed by atoms with Crippen LogP contribution in [0, 0.1) is 5.82 Å². The topological polar surface area (TPSA) is 72.2 Å². The number of amides is 1. The maximum Gasteiger partial charge on any atom is 0.220 e. The molecule has 0 radical (unpaired) electrons. The first-order valence-electron chi connectivity index (χ1n) is 6.12. The molecule has 3 N–H and O–H groups in total. The third-order valence-electron chi connectivity index (χ3n) is 2.49. The fraction of sp³-hybridized carbons (Fsp3) is 0.429. The second kappa shape index (κ2) is 7.97. The summed E-state index contributed by atoms with van der Waals surface area (Å²) < 4.78 is 12.7. The number of nitrogens with one attached hydrogen (secondary N) is 1. The Balaban J connectivity index is 0.00000361. The van der Waals surface area contributed by atoms with E-state index in [1.54, 1.807) is 13.8 Å². The first-order valence-corrected chi connectivity index (χ1v) is 6.12. The summed E-state index contributed by atoms with van der Waals surface area (Å²) in [6, 6.07) is 5.28. The Morgan fingerprint density at radius 1 is 1.20 bits per heavy atom. The van der Waals surface area contributed by atoms with E-state index >= 15 is 0 Å². The van der Waals surface area contributed by atoms with Gasteiger partial charge in [0.2, 0.25) is 5.91 Å². The van der Waals surface area contributed by atoms with Crippen LogP contribution in [-0.2, 0) is 4.79 Å². The van der Waals surface area contributed by atoms with Gasteiger partial charge in [-0.25, -0.2) is 4.39 Å². The third-order valence-corrected chi connectivity index (χ3v) is 2.49. The number of halogens is 2. The highest BCUT2D eigenvalue weighted by molar-refractivity contribution is 5.97. The molecule has 0 bridgehead atoms. The van der Waals surface area contributed by atoms with Crippen LogP contribution >= 0.6 is 12.4 Å². The van der Waals surface area contributed by atoms with E-state index in [1.807, 2.05) is 0 Å². The van der Waals surface area contributed by atoms with Gasteiger partial charge >= 0.3 is 0 Å². The molecule has 0 aromatic heterocycles. The van der Waals surface area contributed by atoms with Crippen molar-refractivity contribution in [3.8, 4) is 0 Å². The molecular formula is C14H20ClFN2O2. The normalized spacial score (nSPS) is 10.6. The standard InChI is InChI=1S/C14H19FN2O2.ClH/c1-14(2,16)9-17-13(19)8-7-12(18)10-3-5-11(15)6-4-10;/h3-6H,7-9,16H2,1-2H3,(H,17,19);1H. The predicted octanol–water partition coefficient (Wildman–Crippen LogP) is 2.06. The van der Waals surface area contributed by atoms with Crippen molar-refractivity contribution in [3.05, 3.63) is 35.6 Å². The molecule has 0 fully saturated rings. The Labute approximate surface area is 124 Å². The van der Waals surface area contributed by atoms with E-state index in [-0.39, 0.29) is 42.8 Å². The maximum absolute atomic E-state index is 12.7. The van der Waals surface area contributed by atoms with Crippen molar-refractivity contribution in [2.45, 2.75) is 32.2 Å². The number of ketones is 1. The van der Waals surface area contributed by atoms with Gasteiger partial charge in [0.1, 0.15) is 5.82 Å². The zero-order valence-corrected chi connectivity index (χ0v) is 12.4. The molecule has 1 aromatic carbocycles. The highest BCUT2D eigenvalue weighted by Crippen LogP contribution is 2.07. The van der Waals surface area contributed by atoms with Crippen LogP contribution < -0.4 is 11.1 Å². The van der Waals surface area contributed by atoms with E-state index in [1.165, 1.54) is 24.3 Å². The minimum Gasteiger partial charge on any atom is -0.354 e. The third kappa shape index (κ3) is 7.21. The predicted molar refractivity (Wildman–Crippen MR) is 78.5 cm³/mol. The molecule has 1 amide bonds. The summed E-state index contributed by atoms with van der Waals surface area (Å²) in [7, 11) is 0. The number of Topliss-reactive ketones (excluding diaryl/α,β-unsaturated/α-hetero) is 1. The lowest BCUT2D eigenvalue weighted by molar-refractivity contribution is -0.121. The van der Waals surface area contributed by atoms with E-state index in [0.29, 0.717) is 12.1 Å². The average molecular weight is 303 g/mol. The highest BCUT2D eigenvalue weighted by Gasteiger charge is 2.13. The van der Waals surface area contributed by atoms with Crippen LogP contribution in [-0.4, -0.2) is 23.8 Å². The van der Waals surface area contributed by atoms with Crippen LogP contribution in [0.1, 0.15) is 37.0 Å². The fourth-order valence-electron chi connectivity index (χ4n) is 1.42. The van der Waals surface area contributed by atoms with Gasteiger partial charge in [-0.2, -0.15) is 0 Å². The number of hydrogen-bond acceptors (Lipinski definition) is 3. The van der Waals surface area contributed by atoms with E-state index in [9.17, 15) is 14.0 Å². The summed E-state index contributed by atoms with van der Waals surface area (Å²) in [6.45, 7) is 3.96. The minimum atomic E-state index is -0.476. The second-order valence-electron chi connectivity index (χ2n) is 5.20. The minimum absolute atomic E-state index is 0. The van der Waals surface area contributed by atoms with Crippen molar-refractivity contribution in [1.82, 2.24) is 5.32 Å². The van der Waals surface area contributed by atoms with Crippen molar-refractivity contribution in [2.24, 2.45) is 5.73 Å². The fourth-order valence-corrected chi connectivity index (χ4v) is 1.42. The second-order valence-corrected chi connectivity index (χ2v) is 5.20. The number of hydrogen-bond donors (Lipinski definition) is 2. The molecule has 112 valence electrons. The van der Waals surface area contributed by atoms with E-state index in [0.717, 1.165) is 0 Å². The van der Waals surface area contributed by atoms with Crippen LogP contribution in [0.5, 0.6) is 0 Å². The summed E-state index contributed by atoms with van der Waals surface area (Å²) in [6.07, 6.45) is 0.203. The Kier molecular flexibility index (Phi) is 7.39. The maximum atomic E-state index is 12.7. The lowest BCUT2D eigenvalue weighted by Gasteiger charge is -2.18.